The van der Waals surface area contributed by atoms with E-state index in [0.29, 0.717) is 5.02 Å². The van der Waals surface area contributed by atoms with Crippen LogP contribution in [-0.2, 0) is 26.2 Å². The third kappa shape index (κ3) is 7.33. The summed E-state index contributed by atoms with van der Waals surface area (Å²) in [5, 5.41) is 3.36. The molecule has 7 nitrogen and oxygen atoms in total. The van der Waals surface area contributed by atoms with Gasteiger partial charge in [0.05, 0.1) is 10.6 Å². The smallest absolute Gasteiger partial charge is 0.264 e. The number of anilines is 1. The van der Waals surface area contributed by atoms with E-state index < -0.39 is 28.5 Å². The van der Waals surface area contributed by atoms with Gasteiger partial charge >= 0.3 is 0 Å². The van der Waals surface area contributed by atoms with Crippen molar-refractivity contribution in [1.82, 2.24) is 10.2 Å². The quantitative estimate of drug-likeness (QED) is 0.375. The number of sulfonamides is 1. The maximum absolute atomic E-state index is 13.8. The average Bonchev–Trinajstić information content (AvgIpc) is 2.91. The zero-order valence-corrected chi connectivity index (χ0v) is 22.7. The van der Waals surface area contributed by atoms with E-state index in [-0.39, 0.29) is 29.1 Å². The summed E-state index contributed by atoms with van der Waals surface area (Å²) in [5.41, 5.74) is 1.11. The molecule has 3 aromatic carbocycles. The van der Waals surface area contributed by atoms with Crippen molar-refractivity contribution in [2.75, 3.05) is 10.8 Å². The van der Waals surface area contributed by atoms with E-state index in [1.54, 1.807) is 49.4 Å². The van der Waals surface area contributed by atoms with Crippen molar-refractivity contribution in [2.45, 2.75) is 50.7 Å². The highest BCUT2D eigenvalue weighted by Gasteiger charge is 2.32. The van der Waals surface area contributed by atoms with E-state index in [0.717, 1.165) is 16.3 Å². The molecule has 0 spiro atoms. The molecule has 1 N–H and O–H groups in total. The van der Waals surface area contributed by atoms with Crippen LogP contribution < -0.4 is 9.62 Å². The predicted octanol–water partition coefficient (Wildman–Crippen LogP) is 4.87. The van der Waals surface area contributed by atoms with Gasteiger partial charge in [-0.05, 0) is 62.2 Å². The number of benzene rings is 3. The summed E-state index contributed by atoms with van der Waals surface area (Å²) in [7, 11) is -4.10. The monoisotopic (exact) mass is 541 g/mol. The molecule has 0 saturated heterocycles. The van der Waals surface area contributed by atoms with Crippen molar-refractivity contribution < 1.29 is 18.0 Å². The Bertz CT molecular complexity index is 1290. The summed E-state index contributed by atoms with van der Waals surface area (Å²) >= 11 is 6.04. The number of hydrogen-bond acceptors (Lipinski definition) is 4. The second kappa shape index (κ2) is 12.7. The number of carbonyl (C=O) groups is 2. The van der Waals surface area contributed by atoms with Crippen molar-refractivity contribution in [3.05, 3.63) is 95.5 Å². The minimum atomic E-state index is -4.10. The molecule has 9 heteroatoms. The summed E-state index contributed by atoms with van der Waals surface area (Å²) in [6, 6.07) is 22.6. The standard InChI is InChI=1S/C28H32ClN3O4S/c1-4-21(2)30-28(34)22(3)31(19-23-11-7-5-8-12-23)27(33)20-32(25-17-15-24(29)16-18-25)37(35,36)26-13-9-6-10-14-26/h5-18,21-22H,4,19-20H2,1-3H3,(H,30,34)/t21-,22-/m1/s1. The Morgan fingerprint density at radius 2 is 1.46 bits per heavy atom. The molecular formula is C28H32ClN3O4S. The van der Waals surface area contributed by atoms with Crippen LogP contribution in [0.5, 0.6) is 0 Å². The first-order chi connectivity index (χ1) is 17.6. The summed E-state index contributed by atoms with van der Waals surface area (Å²) in [6.07, 6.45) is 0.741. The third-order valence-corrected chi connectivity index (χ3v) is 8.13. The van der Waals surface area contributed by atoms with Gasteiger partial charge in [-0.1, -0.05) is 67.1 Å². The Labute approximate surface area is 224 Å². The van der Waals surface area contributed by atoms with Gasteiger partial charge < -0.3 is 10.2 Å². The van der Waals surface area contributed by atoms with Crippen LogP contribution in [0.1, 0.15) is 32.8 Å². The lowest BCUT2D eigenvalue weighted by atomic mass is 10.1. The minimum Gasteiger partial charge on any atom is -0.352 e. The fourth-order valence-electron chi connectivity index (χ4n) is 3.68. The van der Waals surface area contributed by atoms with E-state index >= 15 is 0 Å². The fourth-order valence-corrected chi connectivity index (χ4v) is 5.25. The van der Waals surface area contributed by atoms with Gasteiger partial charge in [0, 0.05) is 17.6 Å². The first kappa shape index (κ1) is 28.2. The van der Waals surface area contributed by atoms with Crippen LogP contribution in [0, 0.1) is 0 Å². The molecular weight excluding hydrogens is 510 g/mol. The van der Waals surface area contributed by atoms with Crippen LogP contribution in [0.3, 0.4) is 0 Å². The molecule has 0 saturated carbocycles. The first-order valence-corrected chi connectivity index (χ1v) is 13.9. The van der Waals surface area contributed by atoms with Gasteiger partial charge in [0.2, 0.25) is 11.8 Å². The Morgan fingerprint density at radius 1 is 0.892 bits per heavy atom. The van der Waals surface area contributed by atoms with E-state index in [1.807, 2.05) is 44.2 Å². The normalized spacial score (nSPS) is 12.9. The molecule has 0 aliphatic carbocycles. The fraction of sp³-hybridized carbons (Fsp3) is 0.286. The second-order valence-electron chi connectivity index (χ2n) is 8.80. The highest BCUT2D eigenvalue weighted by molar-refractivity contribution is 7.92. The van der Waals surface area contributed by atoms with Gasteiger partial charge in [-0.2, -0.15) is 0 Å². The van der Waals surface area contributed by atoms with Gasteiger partial charge in [0.25, 0.3) is 10.0 Å². The Kier molecular flexibility index (Phi) is 9.72. The molecule has 0 radical (unpaired) electrons. The van der Waals surface area contributed by atoms with E-state index in [4.69, 9.17) is 11.6 Å². The van der Waals surface area contributed by atoms with Crippen LogP contribution in [-0.4, -0.2) is 43.8 Å². The number of amides is 2. The van der Waals surface area contributed by atoms with Crippen LogP contribution in [0.15, 0.2) is 89.8 Å². The molecule has 0 heterocycles. The lowest BCUT2D eigenvalue weighted by Crippen LogP contribution is -2.52. The lowest BCUT2D eigenvalue weighted by molar-refractivity contribution is -0.139. The number of hydrogen-bond donors (Lipinski definition) is 1. The molecule has 0 fully saturated rings. The van der Waals surface area contributed by atoms with Crippen LogP contribution >= 0.6 is 11.6 Å². The zero-order valence-electron chi connectivity index (χ0n) is 21.2. The molecule has 2 amide bonds. The number of carbonyl (C=O) groups excluding carboxylic acids is 2. The molecule has 0 aliphatic heterocycles. The molecule has 2 atom stereocenters. The van der Waals surface area contributed by atoms with Crippen molar-refractivity contribution in [3.63, 3.8) is 0 Å². The lowest BCUT2D eigenvalue weighted by Gasteiger charge is -2.32. The van der Waals surface area contributed by atoms with Crippen molar-refractivity contribution >= 4 is 39.1 Å². The van der Waals surface area contributed by atoms with E-state index in [2.05, 4.69) is 5.32 Å². The van der Waals surface area contributed by atoms with Crippen LogP contribution in [0.25, 0.3) is 0 Å². The summed E-state index contributed by atoms with van der Waals surface area (Å²) in [6.45, 7) is 5.15. The SMILES string of the molecule is CC[C@@H](C)NC(=O)[C@@H](C)N(Cc1ccccc1)C(=O)CN(c1ccc(Cl)cc1)S(=O)(=O)c1ccccc1. The molecule has 3 rings (SSSR count). The Balaban J connectivity index is 1.99. The van der Waals surface area contributed by atoms with Crippen molar-refractivity contribution in [3.8, 4) is 0 Å². The van der Waals surface area contributed by atoms with Crippen molar-refractivity contribution in [2.24, 2.45) is 0 Å². The van der Waals surface area contributed by atoms with E-state index in [9.17, 15) is 18.0 Å². The molecule has 0 bridgehead atoms. The van der Waals surface area contributed by atoms with Gasteiger partial charge in [-0.15, -0.1) is 0 Å². The van der Waals surface area contributed by atoms with E-state index in [1.165, 1.54) is 17.0 Å². The van der Waals surface area contributed by atoms with Crippen LogP contribution in [0.2, 0.25) is 5.02 Å². The highest BCUT2D eigenvalue weighted by Crippen LogP contribution is 2.26. The minimum absolute atomic E-state index is 0.0509. The maximum atomic E-state index is 13.8. The Hall–Kier alpha value is -3.36. The largest absolute Gasteiger partial charge is 0.352 e. The van der Waals surface area contributed by atoms with Crippen molar-refractivity contribution in [1.29, 1.82) is 0 Å². The summed E-state index contributed by atoms with van der Waals surface area (Å²) in [4.78, 5) is 28.3. The molecule has 0 unspecified atom stereocenters. The zero-order chi connectivity index (χ0) is 27.0. The number of rotatable bonds is 11. The van der Waals surface area contributed by atoms with Crippen LogP contribution in [0.4, 0.5) is 5.69 Å². The summed E-state index contributed by atoms with van der Waals surface area (Å²) in [5.74, 6) is -0.812. The van der Waals surface area contributed by atoms with Gasteiger partial charge in [0.1, 0.15) is 12.6 Å². The third-order valence-electron chi connectivity index (χ3n) is 6.09. The first-order valence-electron chi connectivity index (χ1n) is 12.1. The summed E-state index contributed by atoms with van der Waals surface area (Å²) < 4.78 is 28.4. The molecule has 37 heavy (non-hydrogen) atoms. The van der Waals surface area contributed by atoms with Gasteiger partial charge in [0.15, 0.2) is 0 Å². The van der Waals surface area contributed by atoms with Gasteiger partial charge in [-0.25, -0.2) is 8.42 Å². The number of nitrogens with zero attached hydrogens (tertiary/aromatic N) is 2. The van der Waals surface area contributed by atoms with Gasteiger partial charge in [-0.3, -0.25) is 13.9 Å². The second-order valence-corrected chi connectivity index (χ2v) is 11.1. The molecule has 0 aromatic heterocycles. The molecule has 0 aliphatic rings. The topological polar surface area (TPSA) is 86.8 Å². The Morgan fingerprint density at radius 3 is 2.03 bits per heavy atom. The molecule has 196 valence electrons. The highest BCUT2D eigenvalue weighted by atomic mass is 35.5. The number of halogens is 1. The number of nitrogens with one attached hydrogen (secondary N) is 1. The molecule has 3 aromatic rings. The predicted molar refractivity (Wildman–Crippen MR) is 147 cm³/mol. The average molecular weight is 542 g/mol. The maximum Gasteiger partial charge on any atom is 0.264 e.